The van der Waals surface area contributed by atoms with E-state index in [0.717, 1.165) is 18.4 Å². The van der Waals surface area contributed by atoms with E-state index in [0.29, 0.717) is 56.3 Å². The minimum Gasteiger partial charge on any atom is -0.342 e. The first-order valence-corrected chi connectivity index (χ1v) is 13.6. The second kappa shape index (κ2) is 11.2. The fourth-order valence-electron chi connectivity index (χ4n) is 4.83. The second-order valence-corrected chi connectivity index (χ2v) is 11.7. The Morgan fingerprint density at radius 2 is 1.73 bits per heavy atom. The summed E-state index contributed by atoms with van der Waals surface area (Å²) >= 11 is 0. The zero-order chi connectivity index (χ0) is 23.5. The molecule has 2 aliphatic rings. The van der Waals surface area contributed by atoms with Crippen LogP contribution in [0.2, 0.25) is 0 Å². The van der Waals surface area contributed by atoms with Crippen molar-refractivity contribution in [3.05, 3.63) is 29.8 Å². The van der Waals surface area contributed by atoms with Crippen LogP contribution in [-0.2, 0) is 26.0 Å². The molecule has 0 saturated carbocycles. The number of amides is 2. The van der Waals surface area contributed by atoms with Gasteiger partial charge < -0.3 is 10.2 Å². The number of hydrogen-bond acceptors (Lipinski definition) is 5. The standard InChI is InChI=1S/C24H37N3O4S.ClH/c1-5-6-13-27-22(28)21(16-18(2)3)25-23(29)24(27)11-14-26(15-12-24)17-19-7-9-20(10-8-19)32(4,30)31;/h7-10,18,21H,5-6,11-17H2,1-4H3,(H,25,29);1H/t21-;/m0./s1. The number of piperazine rings is 1. The number of carbonyl (C=O) groups is 2. The summed E-state index contributed by atoms with van der Waals surface area (Å²) in [5, 5.41) is 3.04. The molecule has 0 aromatic heterocycles. The summed E-state index contributed by atoms with van der Waals surface area (Å²) in [6, 6.07) is 6.56. The minimum atomic E-state index is -3.20. The smallest absolute Gasteiger partial charge is 0.246 e. The van der Waals surface area contributed by atoms with Crippen molar-refractivity contribution in [3.8, 4) is 0 Å². The molecule has 7 nitrogen and oxygen atoms in total. The van der Waals surface area contributed by atoms with Gasteiger partial charge in [0.2, 0.25) is 11.8 Å². The van der Waals surface area contributed by atoms with Crippen LogP contribution >= 0.6 is 12.4 Å². The van der Waals surface area contributed by atoms with E-state index in [-0.39, 0.29) is 24.2 Å². The Kier molecular flexibility index (Phi) is 9.36. The van der Waals surface area contributed by atoms with Gasteiger partial charge in [-0.1, -0.05) is 39.3 Å². The van der Waals surface area contributed by atoms with E-state index in [4.69, 9.17) is 0 Å². The van der Waals surface area contributed by atoms with Crippen molar-refractivity contribution in [3.63, 3.8) is 0 Å². The van der Waals surface area contributed by atoms with E-state index in [1.807, 2.05) is 17.0 Å². The molecule has 186 valence electrons. The molecule has 0 bridgehead atoms. The van der Waals surface area contributed by atoms with Gasteiger partial charge >= 0.3 is 0 Å². The monoisotopic (exact) mass is 499 g/mol. The molecule has 3 rings (SSSR count). The average Bonchev–Trinajstić information content (AvgIpc) is 2.73. The number of rotatable bonds is 8. The molecule has 2 heterocycles. The number of halogens is 1. The van der Waals surface area contributed by atoms with Gasteiger partial charge in [-0.15, -0.1) is 12.4 Å². The van der Waals surface area contributed by atoms with Crippen molar-refractivity contribution >= 4 is 34.1 Å². The third-order valence-electron chi connectivity index (χ3n) is 6.69. The molecule has 0 radical (unpaired) electrons. The van der Waals surface area contributed by atoms with Crippen molar-refractivity contribution in [2.24, 2.45) is 5.92 Å². The van der Waals surface area contributed by atoms with Crippen LogP contribution in [0.1, 0.15) is 58.4 Å². The Bertz CT molecular complexity index is 926. The molecule has 1 aromatic rings. The number of piperidine rings is 1. The summed E-state index contributed by atoms with van der Waals surface area (Å²) in [5.41, 5.74) is 0.286. The Hall–Kier alpha value is -1.64. The predicted molar refractivity (Wildman–Crippen MR) is 132 cm³/mol. The highest BCUT2D eigenvalue weighted by molar-refractivity contribution is 7.90. The van der Waals surface area contributed by atoms with Gasteiger partial charge in [0.1, 0.15) is 11.6 Å². The summed E-state index contributed by atoms with van der Waals surface area (Å²) < 4.78 is 23.3. The number of nitrogens with one attached hydrogen (secondary N) is 1. The molecule has 2 fully saturated rings. The molecule has 2 saturated heterocycles. The molecule has 1 spiro atoms. The third-order valence-corrected chi connectivity index (χ3v) is 7.82. The third kappa shape index (κ3) is 6.28. The van der Waals surface area contributed by atoms with E-state index >= 15 is 0 Å². The molecule has 2 aliphatic heterocycles. The van der Waals surface area contributed by atoms with Gasteiger partial charge in [0.15, 0.2) is 9.84 Å². The number of hydrogen-bond donors (Lipinski definition) is 1. The summed E-state index contributed by atoms with van der Waals surface area (Å²) in [6.45, 7) is 9.00. The Morgan fingerprint density at radius 3 is 2.24 bits per heavy atom. The first-order valence-electron chi connectivity index (χ1n) is 11.7. The molecule has 33 heavy (non-hydrogen) atoms. The van der Waals surface area contributed by atoms with Crippen molar-refractivity contribution < 1.29 is 18.0 Å². The Morgan fingerprint density at radius 1 is 1.12 bits per heavy atom. The van der Waals surface area contributed by atoms with Crippen LogP contribution in [0, 0.1) is 5.92 Å². The van der Waals surface area contributed by atoms with E-state index < -0.39 is 21.4 Å². The molecular weight excluding hydrogens is 462 g/mol. The fraction of sp³-hybridized carbons (Fsp3) is 0.667. The van der Waals surface area contributed by atoms with Crippen LogP contribution in [-0.4, -0.2) is 67.5 Å². The lowest BCUT2D eigenvalue weighted by atomic mass is 9.80. The molecule has 0 aliphatic carbocycles. The first kappa shape index (κ1) is 27.6. The van der Waals surface area contributed by atoms with Gasteiger partial charge in [-0.25, -0.2) is 8.42 Å². The molecule has 9 heteroatoms. The van der Waals surface area contributed by atoms with Gasteiger partial charge in [0.25, 0.3) is 0 Å². The van der Waals surface area contributed by atoms with Crippen LogP contribution in [0.15, 0.2) is 29.2 Å². The summed E-state index contributed by atoms with van der Waals surface area (Å²) in [7, 11) is -3.20. The molecular formula is C24H38ClN3O4S. The number of nitrogens with zero attached hydrogens (tertiary/aromatic N) is 2. The first-order chi connectivity index (χ1) is 15.1. The lowest BCUT2D eigenvalue weighted by Gasteiger charge is -2.52. The second-order valence-electron chi connectivity index (χ2n) is 9.72. The van der Waals surface area contributed by atoms with Gasteiger partial charge in [-0.3, -0.25) is 14.5 Å². The predicted octanol–water partition coefficient (Wildman–Crippen LogP) is 3.02. The maximum Gasteiger partial charge on any atom is 0.246 e. The normalized spacial score (nSPS) is 21.2. The number of carbonyl (C=O) groups excluding carboxylic acids is 2. The lowest BCUT2D eigenvalue weighted by molar-refractivity contribution is -0.161. The maximum atomic E-state index is 13.3. The molecule has 1 N–H and O–H groups in total. The highest BCUT2D eigenvalue weighted by Gasteiger charge is 2.53. The molecule has 1 aromatic carbocycles. The molecule has 2 amide bonds. The number of benzene rings is 1. The number of unbranched alkanes of at least 4 members (excludes halogenated alkanes) is 1. The highest BCUT2D eigenvalue weighted by atomic mass is 35.5. The van der Waals surface area contributed by atoms with Crippen LogP contribution in [0.3, 0.4) is 0 Å². The SMILES string of the molecule is CCCCN1C(=O)[C@H](CC(C)C)NC(=O)C12CCN(Cc1ccc(S(C)(=O)=O)cc1)CC2.Cl. The van der Waals surface area contributed by atoms with Gasteiger partial charge in [-0.05, 0) is 49.3 Å². The summed E-state index contributed by atoms with van der Waals surface area (Å²) in [5.74, 6) is 0.398. The van der Waals surface area contributed by atoms with Gasteiger partial charge in [0.05, 0.1) is 4.90 Å². The quantitative estimate of drug-likeness (QED) is 0.594. The van der Waals surface area contributed by atoms with E-state index in [9.17, 15) is 18.0 Å². The largest absolute Gasteiger partial charge is 0.342 e. The van der Waals surface area contributed by atoms with Crippen LogP contribution in [0.25, 0.3) is 0 Å². The van der Waals surface area contributed by atoms with Crippen molar-refractivity contribution in [1.29, 1.82) is 0 Å². The summed E-state index contributed by atoms with van der Waals surface area (Å²) in [6.07, 6.45) is 4.98. The summed E-state index contributed by atoms with van der Waals surface area (Å²) in [4.78, 5) is 31.1. The van der Waals surface area contributed by atoms with Gasteiger partial charge in [-0.2, -0.15) is 0 Å². The number of sulfone groups is 1. The highest BCUT2D eigenvalue weighted by Crippen LogP contribution is 2.34. The Labute approximate surface area is 204 Å². The topological polar surface area (TPSA) is 86.8 Å². The van der Waals surface area contributed by atoms with E-state index in [2.05, 4.69) is 31.0 Å². The zero-order valence-corrected chi connectivity index (χ0v) is 21.8. The minimum absolute atomic E-state index is 0. The van der Waals surface area contributed by atoms with E-state index in [1.54, 1.807) is 12.1 Å². The fourth-order valence-corrected chi connectivity index (χ4v) is 5.46. The van der Waals surface area contributed by atoms with E-state index in [1.165, 1.54) is 6.26 Å². The van der Waals surface area contributed by atoms with Crippen LogP contribution < -0.4 is 5.32 Å². The lowest BCUT2D eigenvalue weighted by Crippen LogP contribution is -2.73. The number of likely N-dealkylation sites (tertiary alicyclic amines) is 1. The van der Waals surface area contributed by atoms with Crippen LogP contribution in [0.5, 0.6) is 0 Å². The zero-order valence-electron chi connectivity index (χ0n) is 20.2. The van der Waals surface area contributed by atoms with Gasteiger partial charge in [0, 0.05) is 32.4 Å². The molecule has 0 unspecified atom stereocenters. The van der Waals surface area contributed by atoms with Crippen molar-refractivity contribution in [1.82, 2.24) is 15.1 Å². The van der Waals surface area contributed by atoms with Crippen molar-refractivity contribution in [2.45, 2.75) is 75.9 Å². The maximum absolute atomic E-state index is 13.3. The van der Waals surface area contributed by atoms with Crippen molar-refractivity contribution in [2.75, 3.05) is 25.9 Å². The Balaban J connectivity index is 0.00000385. The van der Waals surface area contributed by atoms with Crippen LogP contribution in [0.4, 0.5) is 0 Å². The molecule has 1 atom stereocenters. The average molecular weight is 500 g/mol.